The second-order valence-electron chi connectivity index (χ2n) is 4.32. The molecule has 1 N–H and O–H groups in total. The van der Waals surface area contributed by atoms with Gasteiger partial charge in [0, 0.05) is 26.8 Å². The highest BCUT2D eigenvalue weighted by Gasteiger charge is 2.41. The van der Waals surface area contributed by atoms with Gasteiger partial charge in [0.2, 0.25) is 0 Å². The van der Waals surface area contributed by atoms with Crippen LogP contribution < -0.4 is 5.32 Å². The largest absolute Gasteiger partial charge is 0.378 e. The molecule has 2 unspecified atom stereocenters. The van der Waals surface area contributed by atoms with Gasteiger partial charge in [0.25, 0.3) is 0 Å². The second-order valence-corrected chi connectivity index (χ2v) is 4.32. The Balaban J connectivity index is 1.88. The SMILES string of the molecule is COC1(CC2CCOC2C)CNC1. The Bertz CT molecular complexity index is 174. The fraction of sp³-hybridized carbons (Fsp3) is 1.00. The molecule has 0 aliphatic carbocycles. The van der Waals surface area contributed by atoms with Gasteiger partial charge >= 0.3 is 0 Å². The minimum atomic E-state index is 0.118. The molecular weight excluding hydrogens is 166 g/mol. The van der Waals surface area contributed by atoms with Gasteiger partial charge in [-0.2, -0.15) is 0 Å². The van der Waals surface area contributed by atoms with E-state index in [1.807, 2.05) is 7.11 Å². The number of methoxy groups -OCH3 is 1. The van der Waals surface area contributed by atoms with Crippen molar-refractivity contribution < 1.29 is 9.47 Å². The first-order valence-electron chi connectivity index (χ1n) is 5.13. The highest BCUT2D eigenvalue weighted by atomic mass is 16.5. The van der Waals surface area contributed by atoms with Crippen molar-refractivity contribution in [3.8, 4) is 0 Å². The van der Waals surface area contributed by atoms with Crippen molar-refractivity contribution in [3.63, 3.8) is 0 Å². The highest BCUT2D eigenvalue weighted by molar-refractivity contribution is 4.97. The molecule has 0 bridgehead atoms. The molecule has 2 fully saturated rings. The average Bonchev–Trinajstić information content (AvgIpc) is 2.44. The van der Waals surface area contributed by atoms with Gasteiger partial charge in [-0.05, 0) is 25.7 Å². The molecule has 0 spiro atoms. The summed E-state index contributed by atoms with van der Waals surface area (Å²) in [5.74, 6) is 0.696. The van der Waals surface area contributed by atoms with Crippen LogP contribution in [0.15, 0.2) is 0 Å². The van der Waals surface area contributed by atoms with Crippen LogP contribution >= 0.6 is 0 Å². The lowest BCUT2D eigenvalue weighted by atomic mass is 9.83. The van der Waals surface area contributed by atoms with E-state index in [2.05, 4.69) is 12.2 Å². The Kier molecular flexibility index (Phi) is 2.58. The fourth-order valence-electron chi connectivity index (χ4n) is 2.30. The maximum absolute atomic E-state index is 5.57. The summed E-state index contributed by atoms with van der Waals surface area (Å²) in [5.41, 5.74) is 0.118. The molecule has 0 amide bonds. The van der Waals surface area contributed by atoms with E-state index in [9.17, 15) is 0 Å². The van der Waals surface area contributed by atoms with Gasteiger partial charge in [-0.1, -0.05) is 0 Å². The van der Waals surface area contributed by atoms with Crippen molar-refractivity contribution in [2.24, 2.45) is 5.92 Å². The summed E-state index contributed by atoms with van der Waals surface area (Å²) in [5, 5.41) is 3.28. The van der Waals surface area contributed by atoms with Crippen LogP contribution in [0.4, 0.5) is 0 Å². The quantitative estimate of drug-likeness (QED) is 0.705. The van der Waals surface area contributed by atoms with Crippen molar-refractivity contribution in [2.75, 3.05) is 26.8 Å². The third-order valence-corrected chi connectivity index (χ3v) is 3.49. The molecule has 0 aromatic heterocycles. The third kappa shape index (κ3) is 1.73. The predicted octanol–water partition coefficient (Wildman–Crippen LogP) is 0.790. The van der Waals surface area contributed by atoms with E-state index in [4.69, 9.17) is 9.47 Å². The fourth-order valence-corrected chi connectivity index (χ4v) is 2.30. The van der Waals surface area contributed by atoms with Gasteiger partial charge in [-0.3, -0.25) is 0 Å². The Labute approximate surface area is 79.8 Å². The van der Waals surface area contributed by atoms with E-state index in [1.54, 1.807) is 0 Å². The molecule has 2 aliphatic heterocycles. The number of rotatable bonds is 3. The van der Waals surface area contributed by atoms with Crippen LogP contribution in [-0.2, 0) is 9.47 Å². The van der Waals surface area contributed by atoms with Crippen molar-refractivity contribution >= 4 is 0 Å². The molecule has 13 heavy (non-hydrogen) atoms. The van der Waals surface area contributed by atoms with E-state index in [0.717, 1.165) is 26.1 Å². The maximum Gasteiger partial charge on any atom is 0.0929 e. The number of nitrogens with one attached hydrogen (secondary N) is 1. The summed E-state index contributed by atoms with van der Waals surface area (Å²) in [7, 11) is 1.82. The molecule has 2 rings (SSSR count). The van der Waals surface area contributed by atoms with Gasteiger partial charge in [-0.15, -0.1) is 0 Å². The predicted molar refractivity (Wildman–Crippen MR) is 50.7 cm³/mol. The molecule has 0 aromatic rings. The minimum absolute atomic E-state index is 0.118. The Hall–Kier alpha value is -0.120. The number of hydrogen-bond acceptors (Lipinski definition) is 3. The Morgan fingerprint density at radius 2 is 2.31 bits per heavy atom. The summed E-state index contributed by atoms with van der Waals surface area (Å²) < 4.78 is 11.1. The molecular formula is C10H19NO2. The van der Waals surface area contributed by atoms with E-state index in [-0.39, 0.29) is 5.60 Å². The molecule has 2 atom stereocenters. The van der Waals surface area contributed by atoms with Gasteiger partial charge in [-0.25, -0.2) is 0 Å². The zero-order valence-corrected chi connectivity index (χ0v) is 8.51. The zero-order chi connectivity index (χ0) is 9.31. The van der Waals surface area contributed by atoms with Crippen molar-refractivity contribution in [1.82, 2.24) is 5.32 Å². The van der Waals surface area contributed by atoms with Crippen LogP contribution in [0.2, 0.25) is 0 Å². The smallest absolute Gasteiger partial charge is 0.0929 e. The van der Waals surface area contributed by atoms with Crippen molar-refractivity contribution in [2.45, 2.75) is 31.5 Å². The van der Waals surface area contributed by atoms with Gasteiger partial charge < -0.3 is 14.8 Å². The van der Waals surface area contributed by atoms with E-state index in [1.165, 1.54) is 6.42 Å². The van der Waals surface area contributed by atoms with Crippen molar-refractivity contribution in [3.05, 3.63) is 0 Å². The van der Waals surface area contributed by atoms with Gasteiger partial charge in [0.05, 0.1) is 11.7 Å². The molecule has 2 saturated heterocycles. The lowest BCUT2D eigenvalue weighted by molar-refractivity contribution is -0.0726. The maximum atomic E-state index is 5.57. The third-order valence-electron chi connectivity index (χ3n) is 3.49. The number of hydrogen-bond donors (Lipinski definition) is 1. The van der Waals surface area contributed by atoms with Crippen LogP contribution in [0, 0.1) is 5.92 Å². The van der Waals surface area contributed by atoms with Crippen LogP contribution in [0.1, 0.15) is 19.8 Å². The lowest BCUT2D eigenvalue weighted by Gasteiger charge is -2.43. The van der Waals surface area contributed by atoms with Crippen LogP contribution in [0.25, 0.3) is 0 Å². The first-order valence-corrected chi connectivity index (χ1v) is 5.13. The zero-order valence-electron chi connectivity index (χ0n) is 8.51. The van der Waals surface area contributed by atoms with E-state index >= 15 is 0 Å². The summed E-state index contributed by atoms with van der Waals surface area (Å²) in [6.07, 6.45) is 2.77. The standard InChI is InChI=1S/C10H19NO2/c1-8-9(3-4-13-8)5-10(12-2)6-11-7-10/h8-9,11H,3-7H2,1-2H3. The summed E-state index contributed by atoms with van der Waals surface area (Å²) in [4.78, 5) is 0. The average molecular weight is 185 g/mol. The normalized spacial score (nSPS) is 37.4. The summed E-state index contributed by atoms with van der Waals surface area (Å²) >= 11 is 0. The minimum Gasteiger partial charge on any atom is -0.378 e. The van der Waals surface area contributed by atoms with Crippen LogP contribution in [0.3, 0.4) is 0 Å². The molecule has 2 heterocycles. The molecule has 3 heteroatoms. The second kappa shape index (κ2) is 3.56. The Morgan fingerprint density at radius 3 is 2.69 bits per heavy atom. The van der Waals surface area contributed by atoms with Crippen molar-refractivity contribution in [1.29, 1.82) is 0 Å². The molecule has 3 nitrogen and oxygen atoms in total. The molecule has 0 saturated carbocycles. The molecule has 0 aromatic carbocycles. The van der Waals surface area contributed by atoms with Crippen LogP contribution in [0.5, 0.6) is 0 Å². The van der Waals surface area contributed by atoms with Gasteiger partial charge in [0.15, 0.2) is 0 Å². The number of ether oxygens (including phenoxy) is 2. The first kappa shape index (κ1) is 9.44. The van der Waals surface area contributed by atoms with Crippen LogP contribution in [-0.4, -0.2) is 38.5 Å². The Morgan fingerprint density at radius 1 is 1.54 bits per heavy atom. The molecule has 2 aliphatic rings. The first-order chi connectivity index (χ1) is 6.26. The summed E-state index contributed by atoms with van der Waals surface area (Å²) in [6, 6.07) is 0. The molecule has 76 valence electrons. The van der Waals surface area contributed by atoms with E-state index in [0.29, 0.717) is 12.0 Å². The molecule has 0 radical (unpaired) electrons. The van der Waals surface area contributed by atoms with E-state index < -0.39 is 0 Å². The van der Waals surface area contributed by atoms with Gasteiger partial charge in [0.1, 0.15) is 0 Å². The lowest BCUT2D eigenvalue weighted by Crippen LogP contribution is -2.61. The summed E-state index contributed by atoms with van der Waals surface area (Å²) in [6.45, 7) is 5.12. The highest BCUT2D eigenvalue weighted by Crippen LogP contribution is 2.32. The monoisotopic (exact) mass is 185 g/mol. The topological polar surface area (TPSA) is 30.5 Å².